The molecule has 0 N–H and O–H groups in total. The van der Waals surface area contributed by atoms with Crippen LogP contribution < -0.4 is 9.64 Å². The Balaban J connectivity index is 1.20. The molecule has 7 heteroatoms. The third kappa shape index (κ3) is 7.87. The maximum absolute atomic E-state index is 11.6. The first-order valence-corrected chi connectivity index (χ1v) is 24.0. The van der Waals surface area contributed by atoms with Crippen molar-refractivity contribution in [2.24, 2.45) is 0 Å². The Hall–Kier alpha value is -6.02. The van der Waals surface area contributed by atoms with Gasteiger partial charge >= 0.3 is 0 Å². The molecule has 0 atom stereocenters. The molecule has 0 spiro atoms. The molecule has 320 valence electrons. The molecule has 0 radical (unpaired) electrons. The molecule has 0 fully saturated rings. The highest BCUT2D eigenvalue weighted by Crippen LogP contribution is 2.52. The van der Waals surface area contributed by atoms with E-state index in [4.69, 9.17) is 4.74 Å². The smallest absolute Gasteiger partial charge is 0.210 e. The van der Waals surface area contributed by atoms with Crippen LogP contribution in [0.1, 0.15) is 89.0 Å². The van der Waals surface area contributed by atoms with Crippen LogP contribution in [0.2, 0.25) is 0 Å². The largest absolute Gasteiger partial charge is 0.748 e. The van der Waals surface area contributed by atoms with E-state index in [9.17, 15) is 13.0 Å². The number of nitrogens with zero attached hydrogens (tertiary/aromatic N) is 2. The lowest BCUT2D eigenvalue weighted by molar-refractivity contribution is -0.438. The van der Waals surface area contributed by atoms with E-state index in [1.165, 1.54) is 50.5 Å². The van der Waals surface area contributed by atoms with Gasteiger partial charge in [0, 0.05) is 64.4 Å². The molecular weight excluding hydrogens is 797 g/mol. The fourth-order valence-corrected chi connectivity index (χ4v) is 10.9. The molecule has 6 aromatic carbocycles. The van der Waals surface area contributed by atoms with Gasteiger partial charge in [-0.05, 0) is 114 Å². The van der Waals surface area contributed by atoms with Gasteiger partial charge in [0.25, 0.3) is 0 Å². The summed E-state index contributed by atoms with van der Waals surface area (Å²) in [7, 11) is -4.30. The summed E-state index contributed by atoms with van der Waals surface area (Å²) in [6, 6.07) is 44.8. The first-order valence-electron chi connectivity index (χ1n) is 22.5. The molecule has 63 heavy (non-hydrogen) atoms. The molecule has 1 aliphatic carbocycles. The Bertz CT molecular complexity index is 3020. The fraction of sp³-hybridized carbons (Fsp3) is 0.268. The molecule has 9 rings (SSSR count). The number of para-hydroxylation sites is 1. The Morgan fingerprint density at radius 2 is 1.32 bits per heavy atom. The van der Waals surface area contributed by atoms with Crippen LogP contribution in [-0.4, -0.2) is 42.1 Å². The van der Waals surface area contributed by atoms with Crippen LogP contribution in [0.3, 0.4) is 0 Å². The normalized spacial score (nSPS) is 17.8. The van der Waals surface area contributed by atoms with Crippen molar-refractivity contribution < 1.29 is 22.3 Å². The van der Waals surface area contributed by atoms with Gasteiger partial charge in [-0.1, -0.05) is 124 Å². The summed E-state index contributed by atoms with van der Waals surface area (Å²) in [6.45, 7) is 13.1. The predicted molar refractivity (Wildman–Crippen MR) is 260 cm³/mol. The number of benzene rings is 6. The zero-order valence-corrected chi connectivity index (χ0v) is 37.8. The predicted octanol–water partition coefficient (Wildman–Crippen LogP) is 13.0. The zero-order valence-electron chi connectivity index (χ0n) is 37.0. The first kappa shape index (κ1) is 42.3. The molecule has 0 saturated heterocycles. The standard InChI is InChI=1S/C56H56N2O4S/c1-6-7-17-36-57-48-32-28-39-20-11-13-24-42(39)52(48)55(2,3)50(57)34-30-46-44-26-15-16-27-45(44)47(54(46)62-41-22-9-8-10-23-41)31-35-51-56(4,5)53-43-25-14-12-21-40(43)29-33-49(53)58(51)37-18-19-38-63(59,60)61/h8-16,20-35H,6-7,17-19,36-38H2,1-5H3. The lowest BCUT2D eigenvalue weighted by atomic mass is 9.79. The van der Waals surface area contributed by atoms with E-state index in [2.05, 4.69) is 165 Å². The second-order valence-electron chi connectivity index (χ2n) is 18.1. The van der Waals surface area contributed by atoms with Crippen LogP contribution in [0.25, 0.3) is 32.7 Å². The summed E-state index contributed by atoms with van der Waals surface area (Å²) < 4.78 is 44.3. The van der Waals surface area contributed by atoms with E-state index in [0.29, 0.717) is 19.4 Å². The zero-order chi connectivity index (χ0) is 43.9. The molecule has 0 unspecified atom stereocenters. The monoisotopic (exact) mass is 852 g/mol. The Labute approximate surface area is 373 Å². The van der Waals surface area contributed by atoms with Crippen LogP contribution in [0, 0.1) is 0 Å². The van der Waals surface area contributed by atoms with Gasteiger partial charge in [-0.2, -0.15) is 4.58 Å². The molecule has 0 aromatic heterocycles. The SMILES string of the molecule is CCCCC[N+]1=C(/C=C/C2=C(Oc3ccccc3)C(=C/C=C3/N(CCCCS(=O)(=O)[O-])c4ccc5ccccc5c4C3(C)C)/c3ccccc32)C(C)(C)c2c1ccc1ccccc21. The molecule has 0 saturated carbocycles. The van der Waals surface area contributed by atoms with Crippen LogP contribution in [-0.2, 0) is 20.9 Å². The summed E-state index contributed by atoms with van der Waals surface area (Å²) in [5.41, 5.74) is 10.9. The molecule has 3 aliphatic rings. The van der Waals surface area contributed by atoms with Gasteiger partial charge in [0.05, 0.1) is 15.5 Å². The molecule has 2 aliphatic heterocycles. The van der Waals surface area contributed by atoms with Crippen molar-refractivity contribution in [2.75, 3.05) is 23.7 Å². The van der Waals surface area contributed by atoms with E-state index in [1.807, 2.05) is 30.3 Å². The van der Waals surface area contributed by atoms with E-state index in [1.54, 1.807) is 0 Å². The second kappa shape index (κ2) is 16.9. The lowest BCUT2D eigenvalue weighted by Crippen LogP contribution is -2.28. The molecular formula is C56H56N2O4S. The molecule has 0 bridgehead atoms. The van der Waals surface area contributed by atoms with E-state index >= 15 is 0 Å². The van der Waals surface area contributed by atoms with Crippen molar-refractivity contribution >= 4 is 59.9 Å². The van der Waals surface area contributed by atoms with Crippen molar-refractivity contribution in [1.82, 2.24) is 0 Å². The van der Waals surface area contributed by atoms with E-state index < -0.39 is 15.5 Å². The highest BCUT2D eigenvalue weighted by Gasteiger charge is 2.46. The summed E-state index contributed by atoms with van der Waals surface area (Å²) in [5, 5.41) is 4.93. The highest BCUT2D eigenvalue weighted by molar-refractivity contribution is 7.85. The van der Waals surface area contributed by atoms with Crippen LogP contribution in [0.15, 0.2) is 163 Å². The number of rotatable bonds is 14. The molecule has 0 amide bonds. The van der Waals surface area contributed by atoms with Crippen LogP contribution in [0.5, 0.6) is 5.75 Å². The van der Waals surface area contributed by atoms with Gasteiger partial charge in [0.1, 0.15) is 18.1 Å². The number of fused-ring (bicyclic) bond motifs is 7. The molecule has 6 nitrogen and oxygen atoms in total. The van der Waals surface area contributed by atoms with Crippen LogP contribution >= 0.6 is 0 Å². The molecule has 2 heterocycles. The number of ether oxygens (including phenoxy) is 1. The minimum atomic E-state index is -4.30. The minimum Gasteiger partial charge on any atom is -0.748 e. The maximum Gasteiger partial charge on any atom is 0.210 e. The summed E-state index contributed by atoms with van der Waals surface area (Å²) in [4.78, 5) is 2.33. The molecule has 6 aromatic rings. The van der Waals surface area contributed by atoms with Crippen molar-refractivity contribution in [1.29, 1.82) is 0 Å². The number of allylic oxidation sites excluding steroid dienone is 7. The third-order valence-electron chi connectivity index (χ3n) is 13.3. The van der Waals surface area contributed by atoms with Gasteiger partial charge in [0.15, 0.2) is 5.71 Å². The summed E-state index contributed by atoms with van der Waals surface area (Å²) in [5.74, 6) is 1.18. The van der Waals surface area contributed by atoms with Crippen molar-refractivity contribution in [3.8, 4) is 5.75 Å². The first-order chi connectivity index (χ1) is 30.4. The number of unbranched alkanes of at least 4 members (excludes halogenated alkanes) is 3. The maximum atomic E-state index is 11.6. The van der Waals surface area contributed by atoms with Crippen molar-refractivity contribution in [3.63, 3.8) is 0 Å². The van der Waals surface area contributed by atoms with Gasteiger partial charge in [-0.3, -0.25) is 0 Å². The van der Waals surface area contributed by atoms with Crippen molar-refractivity contribution in [3.05, 3.63) is 185 Å². The van der Waals surface area contributed by atoms with Gasteiger partial charge in [-0.25, -0.2) is 8.42 Å². The van der Waals surface area contributed by atoms with E-state index in [-0.39, 0.29) is 11.2 Å². The number of hydrogen-bond donors (Lipinski definition) is 0. The Morgan fingerprint density at radius 3 is 2.03 bits per heavy atom. The average Bonchev–Trinajstić information content (AvgIpc) is 3.78. The van der Waals surface area contributed by atoms with Gasteiger partial charge in [-0.15, -0.1) is 0 Å². The Morgan fingerprint density at radius 1 is 0.667 bits per heavy atom. The Kier molecular flexibility index (Phi) is 11.4. The lowest BCUT2D eigenvalue weighted by Gasteiger charge is -2.27. The minimum absolute atomic E-state index is 0.254. The highest BCUT2D eigenvalue weighted by atomic mass is 32.2. The number of hydrogen-bond acceptors (Lipinski definition) is 5. The van der Waals surface area contributed by atoms with Crippen molar-refractivity contribution in [2.45, 2.75) is 77.6 Å². The van der Waals surface area contributed by atoms with Crippen LogP contribution in [0.4, 0.5) is 11.4 Å². The summed E-state index contributed by atoms with van der Waals surface area (Å²) in [6.07, 6.45) is 13.4. The third-order valence-corrected chi connectivity index (χ3v) is 14.1. The summed E-state index contributed by atoms with van der Waals surface area (Å²) >= 11 is 0. The fourth-order valence-electron chi connectivity index (χ4n) is 10.3. The number of anilines is 1. The van der Waals surface area contributed by atoms with Gasteiger partial charge < -0.3 is 14.2 Å². The topological polar surface area (TPSA) is 72.7 Å². The average molecular weight is 853 g/mol. The quantitative estimate of drug-likeness (QED) is 0.0620. The second-order valence-corrected chi connectivity index (χ2v) is 19.7. The van der Waals surface area contributed by atoms with Gasteiger partial charge in [0.2, 0.25) is 5.69 Å². The van der Waals surface area contributed by atoms with E-state index in [0.717, 1.165) is 64.6 Å².